The highest BCUT2D eigenvalue weighted by molar-refractivity contribution is 9.10. The van der Waals surface area contributed by atoms with Gasteiger partial charge in [0.15, 0.2) is 0 Å². The number of alkyl halides is 3. The standard InChI is InChI=1S/C12H15BrF3N3O2/c13-10-5-8(11(21)18-17)1-2-9(10)6-19(3-4-20)7-12(14,15)16/h1-2,5,20H,3-4,6-7,17H2,(H,18,21). The molecule has 0 aliphatic rings. The van der Waals surface area contributed by atoms with Crippen LogP contribution >= 0.6 is 15.9 Å². The number of hydrazine groups is 1. The lowest BCUT2D eigenvalue weighted by molar-refractivity contribution is -0.148. The largest absolute Gasteiger partial charge is 0.401 e. The molecule has 0 saturated carbocycles. The van der Waals surface area contributed by atoms with E-state index in [2.05, 4.69) is 15.9 Å². The number of hydrogen-bond donors (Lipinski definition) is 3. The van der Waals surface area contributed by atoms with Gasteiger partial charge in [0.25, 0.3) is 5.91 Å². The second-order valence-electron chi connectivity index (χ2n) is 4.33. The smallest absolute Gasteiger partial charge is 0.395 e. The summed E-state index contributed by atoms with van der Waals surface area (Å²) in [6.45, 7) is -1.60. The van der Waals surface area contributed by atoms with Crippen molar-refractivity contribution in [2.45, 2.75) is 12.7 Å². The minimum absolute atomic E-state index is 0.00875. The Morgan fingerprint density at radius 1 is 1.43 bits per heavy atom. The minimum atomic E-state index is -4.35. The van der Waals surface area contributed by atoms with E-state index in [-0.39, 0.29) is 25.3 Å². The molecule has 0 saturated heterocycles. The highest BCUT2D eigenvalue weighted by Gasteiger charge is 2.30. The van der Waals surface area contributed by atoms with Crippen LogP contribution < -0.4 is 11.3 Å². The van der Waals surface area contributed by atoms with Gasteiger partial charge in [0, 0.05) is 23.1 Å². The lowest BCUT2D eigenvalue weighted by Crippen LogP contribution is -2.35. The number of carbonyl (C=O) groups excluding carboxylic acids is 1. The summed E-state index contributed by atoms with van der Waals surface area (Å²) < 4.78 is 37.8. The quantitative estimate of drug-likeness (QED) is 0.402. The highest BCUT2D eigenvalue weighted by atomic mass is 79.9. The van der Waals surface area contributed by atoms with Gasteiger partial charge in [-0.1, -0.05) is 22.0 Å². The first-order valence-corrected chi connectivity index (χ1v) is 6.75. The van der Waals surface area contributed by atoms with E-state index < -0.39 is 18.6 Å². The summed E-state index contributed by atoms with van der Waals surface area (Å²) in [5.74, 6) is 4.51. The summed E-state index contributed by atoms with van der Waals surface area (Å²) in [5.41, 5.74) is 2.83. The van der Waals surface area contributed by atoms with Crippen molar-refractivity contribution in [3.63, 3.8) is 0 Å². The number of hydrogen-bond acceptors (Lipinski definition) is 4. The van der Waals surface area contributed by atoms with Crippen LogP contribution in [0.15, 0.2) is 22.7 Å². The fourth-order valence-corrected chi connectivity index (χ4v) is 2.25. The molecule has 1 amide bonds. The van der Waals surface area contributed by atoms with Crippen molar-refractivity contribution in [3.8, 4) is 0 Å². The van der Waals surface area contributed by atoms with Gasteiger partial charge in [0.2, 0.25) is 0 Å². The molecule has 0 fully saturated rings. The van der Waals surface area contributed by atoms with Gasteiger partial charge in [-0.2, -0.15) is 13.2 Å². The van der Waals surface area contributed by atoms with Gasteiger partial charge in [-0.3, -0.25) is 15.1 Å². The molecule has 0 radical (unpaired) electrons. The van der Waals surface area contributed by atoms with Crippen molar-refractivity contribution in [1.82, 2.24) is 10.3 Å². The first-order valence-electron chi connectivity index (χ1n) is 5.96. The van der Waals surface area contributed by atoms with Crippen LogP contribution in [0.5, 0.6) is 0 Å². The first-order chi connectivity index (χ1) is 9.76. The highest BCUT2D eigenvalue weighted by Crippen LogP contribution is 2.23. The van der Waals surface area contributed by atoms with Crippen LogP contribution in [0.4, 0.5) is 13.2 Å². The van der Waals surface area contributed by atoms with E-state index >= 15 is 0 Å². The van der Waals surface area contributed by atoms with Crippen LogP contribution in [0.1, 0.15) is 15.9 Å². The minimum Gasteiger partial charge on any atom is -0.395 e. The van der Waals surface area contributed by atoms with Gasteiger partial charge in [0.05, 0.1) is 13.2 Å². The zero-order valence-electron chi connectivity index (χ0n) is 11.0. The summed E-state index contributed by atoms with van der Waals surface area (Å²) in [6, 6.07) is 4.48. The number of nitrogens with zero attached hydrogens (tertiary/aromatic N) is 1. The van der Waals surface area contributed by atoms with E-state index in [4.69, 9.17) is 10.9 Å². The SMILES string of the molecule is NNC(=O)c1ccc(CN(CCO)CC(F)(F)F)c(Br)c1. The average Bonchev–Trinajstić information content (AvgIpc) is 2.38. The molecule has 1 aromatic rings. The van der Waals surface area contributed by atoms with Crippen LogP contribution in [-0.4, -0.2) is 41.8 Å². The number of nitrogens with one attached hydrogen (secondary N) is 1. The summed E-state index contributed by atoms with van der Waals surface area (Å²) >= 11 is 3.21. The molecule has 0 bridgehead atoms. The van der Waals surface area contributed by atoms with Crippen molar-refractivity contribution in [1.29, 1.82) is 0 Å². The lowest BCUT2D eigenvalue weighted by atomic mass is 10.1. The molecule has 0 aromatic heterocycles. The maximum atomic E-state index is 12.4. The summed E-state index contributed by atoms with van der Waals surface area (Å²) in [6.07, 6.45) is -4.35. The number of amides is 1. The van der Waals surface area contributed by atoms with Gasteiger partial charge in [0.1, 0.15) is 0 Å². The molecule has 0 unspecified atom stereocenters. The van der Waals surface area contributed by atoms with E-state index in [1.54, 1.807) is 0 Å². The van der Waals surface area contributed by atoms with Gasteiger partial charge in [-0.15, -0.1) is 0 Å². The fraction of sp³-hybridized carbons (Fsp3) is 0.417. The lowest BCUT2D eigenvalue weighted by Gasteiger charge is -2.23. The van der Waals surface area contributed by atoms with Crippen LogP contribution in [0.3, 0.4) is 0 Å². The van der Waals surface area contributed by atoms with Crippen molar-refractivity contribution < 1.29 is 23.1 Å². The fourth-order valence-electron chi connectivity index (χ4n) is 1.75. The molecule has 0 aliphatic carbocycles. The van der Waals surface area contributed by atoms with Crippen molar-refractivity contribution in [2.24, 2.45) is 5.84 Å². The molecule has 4 N–H and O–H groups in total. The molecule has 1 rings (SSSR count). The number of aliphatic hydroxyl groups excluding tert-OH is 1. The zero-order chi connectivity index (χ0) is 16.0. The average molecular weight is 370 g/mol. The Kier molecular flexibility index (Phi) is 6.59. The number of halogens is 4. The van der Waals surface area contributed by atoms with Crippen LogP contribution in [-0.2, 0) is 6.54 Å². The third-order valence-electron chi connectivity index (χ3n) is 2.66. The van der Waals surface area contributed by atoms with E-state index in [0.29, 0.717) is 10.0 Å². The Morgan fingerprint density at radius 2 is 2.10 bits per heavy atom. The van der Waals surface area contributed by atoms with E-state index in [1.807, 2.05) is 5.43 Å². The van der Waals surface area contributed by atoms with E-state index in [9.17, 15) is 18.0 Å². The van der Waals surface area contributed by atoms with Crippen molar-refractivity contribution >= 4 is 21.8 Å². The monoisotopic (exact) mass is 369 g/mol. The molecule has 118 valence electrons. The first kappa shape index (κ1) is 17.9. The predicted molar refractivity (Wildman–Crippen MR) is 74.2 cm³/mol. The van der Waals surface area contributed by atoms with Gasteiger partial charge >= 0.3 is 6.18 Å². The molecular formula is C12H15BrF3N3O2. The topological polar surface area (TPSA) is 78.6 Å². The number of nitrogen functional groups attached to an aromatic ring is 1. The molecule has 9 heteroatoms. The third kappa shape index (κ3) is 6.00. The number of nitrogens with two attached hydrogens (primary N) is 1. The number of benzene rings is 1. The van der Waals surface area contributed by atoms with Gasteiger partial charge in [-0.05, 0) is 17.7 Å². The van der Waals surface area contributed by atoms with Crippen LogP contribution in [0.2, 0.25) is 0 Å². The molecule has 0 spiro atoms. The second kappa shape index (κ2) is 7.74. The molecule has 0 atom stereocenters. The summed E-state index contributed by atoms with van der Waals surface area (Å²) in [4.78, 5) is 12.4. The van der Waals surface area contributed by atoms with Gasteiger partial charge in [-0.25, -0.2) is 5.84 Å². The Labute approximate surface area is 128 Å². The Bertz CT molecular complexity index is 497. The Balaban J connectivity index is 2.86. The summed E-state index contributed by atoms with van der Waals surface area (Å²) in [5, 5.41) is 8.84. The second-order valence-corrected chi connectivity index (χ2v) is 5.18. The molecule has 0 aliphatic heterocycles. The number of carbonyl (C=O) groups is 1. The molecule has 5 nitrogen and oxygen atoms in total. The summed E-state index contributed by atoms with van der Waals surface area (Å²) in [7, 11) is 0. The van der Waals surface area contributed by atoms with Gasteiger partial charge < -0.3 is 5.11 Å². The van der Waals surface area contributed by atoms with Crippen molar-refractivity contribution in [3.05, 3.63) is 33.8 Å². The van der Waals surface area contributed by atoms with E-state index in [0.717, 1.165) is 4.90 Å². The normalized spacial score (nSPS) is 11.8. The molecule has 0 heterocycles. The third-order valence-corrected chi connectivity index (χ3v) is 3.40. The number of aliphatic hydroxyl groups is 1. The number of rotatable bonds is 6. The Morgan fingerprint density at radius 3 is 2.57 bits per heavy atom. The maximum absolute atomic E-state index is 12.4. The Hall–Kier alpha value is -1.16. The maximum Gasteiger partial charge on any atom is 0.401 e. The van der Waals surface area contributed by atoms with Crippen LogP contribution in [0, 0.1) is 0 Å². The van der Waals surface area contributed by atoms with E-state index in [1.165, 1.54) is 18.2 Å². The molecular weight excluding hydrogens is 355 g/mol. The molecule has 21 heavy (non-hydrogen) atoms. The zero-order valence-corrected chi connectivity index (χ0v) is 12.5. The van der Waals surface area contributed by atoms with Crippen LogP contribution in [0.25, 0.3) is 0 Å². The predicted octanol–water partition coefficient (Wildman–Crippen LogP) is 1.41. The molecule has 1 aromatic carbocycles. The van der Waals surface area contributed by atoms with Crippen molar-refractivity contribution in [2.75, 3.05) is 19.7 Å².